The topological polar surface area (TPSA) is 47.4 Å². The van der Waals surface area contributed by atoms with Crippen LogP contribution in [0.3, 0.4) is 0 Å². The second-order valence-electron chi connectivity index (χ2n) is 3.19. The normalized spacial score (nSPS) is 13.5. The van der Waals surface area contributed by atoms with E-state index in [4.69, 9.17) is 4.74 Å². The molecule has 0 aromatic carbocycles. The number of nitrogens with zero attached hydrogens (tertiary/aromatic N) is 3. The maximum Gasteiger partial charge on any atom is 0.316 e. The minimum Gasteiger partial charge on any atom is -0.461 e. The Morgan fingerprint density at radius 1 is 1.46 bits per heavy atom. The predicted molar refractivity (Wildman–Crippen MR) is 49.1 cm³/mol. The first-order valence-corrected chi connectivity index (χ1v) is 4.28. The van der Waals surface area contributed by atoms with Gasteiger partial charge in [-0.25, -0.2) is 4.98 Å². The van der Waals surface area contributed by atoms with Crippen LogP contribution in [0.25, 0.3) is 0 Å². The number of hydrogen-bond donors (Lipinski definition) is 0. The Hall–Kier alpha value is -1.45. The molecule has 0 fully saturated rings. The molecule has 0 radical (unpaired) electrons. The van der Waals surface area contributed by atoms with Gasteiger partial charge in [0.2, 0.25) is 0 Å². The first-order chi connectivity index (χ1) is 6.25. The summed E-state index contributed by atoms with van der Waals surface area (Å²) in [5.41, 5.74) is 1.95. The van der Waals surface area contributed by atoms with Gasteiger partial charge in [0, 0.05) is 18.0 Å². The van der Waals surface area contributed by atoms with E-state index in [1.165, 1.54) is 0 Å². The number of aromatic nitrogens is 2. The summed E-state index contributed by atoms with van der Waals surface area (Å²) < 4.78 is 5.36. The molecule has 0 aliphatic carbocycles. The van der Waals surface area contributed by atoms with Crippen LogP contribution in [0, 0.1) is 0 Å². The van der Waals surface area contributed by atoms with Crippen LogP contribution < -0.4 is 4.74 Å². The second-order valence-corrected chi connectivity index (χ2v) is 3.19. The van der Waals surface area contributed by atoms with Crippen molar-refractivity contribution >= 4 is 6.21 Å². The van der Waals surface area contributed by atoms with Gasteiger partial charge < -0.3 is 4.74 Å². The van der Waals surface area contributed by atoms with E-state index in [9.17, 15) is 0 Å². The van der Waals surface area contributed by atoms with Crippen LogP contribution in [0.1, 0.15) is 25.1 Å². The number of aliphatic imine (C=N–C) groups is 1. The van der Waals surface area contributed by atoms with Crippen molar-refractivity contribution in [3.05, 3.63) is 17.5 Å². The Kier molecular flexibility index (Phi) is 1.96. The Morgan fingerprint density at radius 3 is 3.08 bits per heavy atom. The van der Waals surface area contributed by atoms with Gasteiger partial charge >= 0.3 is 6.01 Å². The molecule has 2 rings (SSSR count). The van der Waals surface area contributed by atoms with Crippen LogP contribution in [0.15, 0.2) is 11.2 Å². The minimum absolute atomic E-state index is 0.111. The van der Waals surface area contributed by atoms with Crippen LogP contribution in [0.5, 0.6) is 6.01 Å². The number of ether oxygens (including phenoxy) is 1. The van der Waals surface area contributed by atoms with Gasteiger partial charge in [-0.1, -0.05) is 0 Å². The maximum atomic E-state index is 5.36. The molecule has 1 aliphatic rings. The standard InChI is InChI=1S/C9H11N3O/c1-6(2)13-9-11-4-7-3-10-5-8(7)12-9/h3-4,6H,5H2,1-2H3. The van der Waals surface area contributed by atoms with Gasteiger partial charge in [-0.15, -0.1) is 0 Å². The minimum atomic E-state index is 0.111. The Labute approximate surface area is 76.7 Å². The lowest BCUT2D eigenvalue weighted by Crippen LogP contribution is -2.09. The largest absolute Gasteiger partial charge is 0.461 e. The first-order valence-electron chi connectivity index (χ1n) is 4.28. The summed E-state index contributed by atoms with van der Waals surface area (Å²) in [4.78, 5) is 12.4. The molecular weight excluding hydrogens is 166 g/mol. The van der Waals surface area contributed by atoms with Crippen molar-refractivity contribution in [2.75, 3.05) is 0 Å². The van der Waals surface area contributed by atoms with Crippen molar-refractivity contribution in [2.24, 2.45) is 4.99 Å². The summed E-state index contributed by atoms with van der Waals surface area (Å²) in [5, 5.41) is 0. The highest BCUT2D eigenvalue weighted by Gasteiger charge is 2.10. The fraction of sp³-hybridized carbons (Fsp3) is 0.444. The SMILES string of the molecule is CC(C)Oc1ncc2c(n1)CN=C2. The van der Waals surface area contributed by atoms with Gasteiger partial charge in [0.1, 0.15) is 0 Å². The van der Waals surface area contributed by atoms with Crippen LogP contribution in [0.4, 0.5) is 0 Å². The molecule has 4 nitrogen and oxygen atoms in total. The van der Waals surface area contributed by atoms with E-state index in [2.05, 4.69) is 15.0 Å². The third-order valence-electron chi connectivity index (χ3n) is 1.69. The predicted octanol–water partition coefficient (Wildman–Crippen LogP) is 1.20. The molecular formula is C9H11N3O. The quantitative estimate of drug-likeness (QED) is 0.681. The van der Waals surface area contributed by atoms with Gasteiger partial charge in [0.15, 0.2) is 0 Å². The van der Waals surface area contributed by atoms with Crippen molar-refractivity contribution in [1.82, 2.24) is 9.97 Å². The lowest BCUT2D eigenvalue weighted by atomic mass is 10.3. The molecule has 2 heterocycles. The van der Waals surface area contributed by atoms with Gasteiger partial charge in [0.25, 0.3) is 0 Å². The van der Waals surface area contributed by atoms with Crippen molar-refractivity contribution < 1.29 is 4.74 Å². The van der Waals surface area contributed by atoms with Gasteiger partial charge in [-0.2, -0.15) is 4.98 Å². The summed E-state index contributed by atoms with van der Waals surface area (Å²) in [6, 6.07) is 0.444. The maximum absolute atomic E-state index is 5.36. The molecule has 68 valence electrons. The lowest BCUT2D eigenvalue weighted by molar-refractivity contribution is 0.221. The highest BCUT2D eigenvalue weighted by Crippen LogP contribution is 2.14. The first kappa shape index (κ1) is 8.16. The van der Waals surface area contributed by atoms with E-state index in [1.807, 2.05) is 13.8 Å². The molecule has 0 unspecified atom stereocenters. The molecule has 0 amide bonds. The van der Waals surface area contributed by atoms with Crippen LogP contribution in [0.2, 0.25) is 0 Å². The summed E-state index contributed by atoms with van der Waals surface area (Å²) in [5.74, 6) is 0. The van der Waals surface area contributed by atoms with E-state index in [-0.39, 0.29) is 6.10 Å². The smallest absolute Gasteiger partial charge is 0.316 e. The van der Waals surface area contributed by atoms with E-state index in [0.29, 0.717) is 12.6 Å². The highest BCUT2D eigenvalue weighted by atomic mass is 16.5. The third-order valence-corrected chi connectivity index (χ3v) is 1.69. The number of hydrogen-bond acceptors (Lipinski definition) is 4. The van der Waals surface area contributed by atoms with Crippen molar-refractivity contribution in [2.45, 2.75) is 26.5 Å². The molecule has 0 N–H and O–H groups in total. The molecule has 1 aromatic heterocycles. The van der Waals surface area contributed by atoms with Crippen molar-refractivity contribution in [3.63, 3.8) is 0 Å². The van der Waals surface area contributed by atoms with Crippen molar-refractivity contribution in [3.8, 4) is 6.01 Å². The average Bonchev–Trinajstić information content (AvgIpc) is 2.49. The molecule has 1 aliphatic heterocycles. The fourth-order valence-corrected chi connectivity index (χ4v) is 1.14. The fourth-order valence-electron chi connectivity index (χ4n) is 1.14. The van der Waals surface area contributed by atoms with E-state index < -0.39 is 0 Å². The Morgan fingerprint density at radius 2 is 2.31 bits per heavy atom. The van der Waals surface area contributed by atoms with Gasteiger partial charge in [-0.05, 0) is 13.8 Å². The molecule has 0 spiro atoms. The van der Waals surface area contributed by atoms with Gasteiger partial charge in [0.05, 0.1) is 18.3 Å². The second kappa shape index (κ2) is 3.12. The average molecular weight is 177 g/mol. The molecule has 13 heavy (non-hydrogen) atoms. The summed E-state index contributed by atoms with van der Waals surface area (Å²) in [6.45, 7) is 4.55. The number of fused-ring (bicyclic) bond motifs is 1. The molecule has 0 saturated heterocycles. The molecule has 1 aromatic rings. The molecule has 0 atom stereocenters. The summed E-state index contributed by atoms with van der Waals surface area (Å²) in [6.07, 6.45) is 3.64. The number of rotatable bonds is 2. The zero-order chi connectivity index (χ0) is 9.26. The van der Waals surface area contributed by atoms with Gasteiger partial charge in [-0.3, -0.25) is 4.99 Å². The lowest BCUT2D eigenvalue weighted by Gasteiger charge is -2.07. The zero-order valence-corrected chi connectivity index (χ0v) is 7.69. The molecule has 4 heteroatoms. The molecule has 0 saturated carbocycles. The monoisotopic (exact) mass is 177 g/mol. The van der Waals surface area contributed by atoms with Crippen LogP contribution in [-0.2, 0) is 6.54 Å². The summed E-state index contributed by atoms with van der Waals surface area (Å²) in [7, 11) is 0. The Bertz CT molecular complexity index is 347. The van der Waals surface area contributed by atoms with E-state index in [1.54, 1.807) is 12.4 Å². The third kappa shape index (κ3) is 1.66. The zero-order valence-electron chi connectivity index (χ0n) is 7.69. The van der Waals surface area contributed by atoms with E-state index in [0.717, 1.165) is 11.3 Å². The molecule has 0 bridgehead atoms. The highest BCUT2D eigenvalue weighted by molar-refractivity contribution is 5.82. The van der Waals surface area contributed by atoms with E-state index >= 15 is 0 Å². The van der Waals surface area contributed by atoms with Crippen molar-refractivity contribution in [1.29, 1.82) is 0 Å². The van der Waals surface area contributed by atoms with Crippen LogP contribution >= 0.6 is 0 Å². The van der Waals surface area contributed by atoms with Crippen LogP contribution in [-0.4, -0.2) is 22.3 Å². The summed E-state index contributed by atoms with van der Waals surface area (Å²) >= 11 is 0. The Balaban J connectivity index is 2.23.